The Bertz CT molecular complexity index is 904. The number of amides is 1. The molecule has 0 aliphatic carbocycles. The van der Waals surface area contributed by atoms with Crippen LogP contribution in [0, 0.1) is 0 Å². The number of benzene rings is 2. The van der Waals surface area contributed by atoms with Gasteiger partial charge in [-0.2, -0.15) is 4.72 Å². The molecule has 0 radical (unpaired) electrons. The average molecular weight is 439 g/mol. The molecule has 0 heterocycles. The van der Waals surface area contributed by atoms with Crippen molar-refractivity contribution < 1.29 is 17.9 Å². The predicted molar refractivity (Wildman–Crippen MR) is 115 cm³/mol. The molecule has 29 heavy (non-hydrogen) atoms. The van der Waals surface area contributed by atoms with E-state index < -0.39 is 16.1 Å². The summed E-state index contributed by atoms with van der Waals surface area (Å²) in [6.07, 6.45) is 3.09. The van der Waals surface area contributed by atoms with Gasteiger partial charge < -0.3 is 10.1 Å². The summed E-state index contributed by atoms with van der Waals surface area (Å²) in [7, 11) is -2.67. The minimum atomic E-state index is -4.05. The van der Waals surface area contributed by atoms with E-state index in [0.29, 0.717) is 6.54 Å². The molecule has 0 saturated heterocycles. The third kappa shape index (κ3) is 7.03. The zero-order chi connectivity index (χ0) is 21.3. The fourth-order valence-corrected chi connectivity index (χ4v) is 4.49. The number of hydrogen-bond acceptors (Lipinski definition) is 4. The molecule has 2 aromatic carbocycles. The molecule has 0 bridgehead atoms. The quantitative estimate of drug-likeness (QED) is 0.525. The van der Waals surface area contributed by atoms with Gasteiger partial charge in [0, 0.05) is 11.6 Å². The lowest BCUT2D eigenvalue weighted by Crippen LogP contribution is -2.48. The maximum Gasteiger partial charge on any atom is 0.245 e. The molecule has 0 saturated carbocycles. The van der Waals surface area contributed by atoms with Crippen molar-refractivity contribution in [2.75, 3.05) is 13.7 Å². The molecule has 6 nitrogen and oxygen atoms in total. The molecule has 1 atom stereocenters. The van der Waals surface area contributed by atoms with Gasteiger partial charge in [-0.25, -0.2) is 8.42 Å². The summed E-state index contributed by atoms with van der Waals surface area (Å²) in [6.45, 7) is 2.58. The van der Waals surface area contributed by atoms with E-state index in [9.17, 15) is 13.2 Å². The van der Waals surface area contributed by atoms with Crippen LogP contribution in [0.4, 0.5) is 0 Å². The first-order chi connectivity index (χ1) is 13.9. The highest BCUT2D eigenvalue weighted by atomic mass is 35.5. The minimum absolute atomic E-state index is 0.107. The van der Waals surface area contributed by atoms with E-state index in [-0.39, 0.29) is 28.0 Å². The van der Waals surface area contributed by atoms with E-state index in [0.717, 1.165) is 24.8 Å². The zero-order valence-corrected chi connectivity index (χ0v) is 18.2. The Morgan fingerprint density at radius 1 is 1.14 bits per heavy atom. The van der Waals surface area contributed by atoms with Crippen molar-refractivity contribution in [2.24, 2.45) is 0 Å². The van der Waals surface area contributed by atoms with E-state index >= 15 is 0 Å². The van der Waals surface area contributed by atoms with Gasteiger partial charge in [0.15, 0.2) is 0 Å². The Balaban J connectivity index is 2.25. The molecule has 2 rings (SSSR count). The molecular formula is C21H27ClN2O4S. The number of unbranched alkanes of at least 4 members (excludes halogenated alkanes) is 2. The Kier molecular flexibility index (Phi) is 8.95. The number of nitrogens with one attached hydrogen (secondary N) is 2. The van der Waals surface area contributed by atoms with Crippen molar-refractivity contribution in [1.29, 1.82) is 0 Å². The van der Waals surface area contributed by atoms with Crippen LogP contribution in [0.5, 0.6) is 5.75 Å². The molecular weight excluding hydrogens is 412 g/mol. The molecule has 0 aliphatic heterocycles. The summed E-state index contributed by atoms with van der Waals surface area (Å²) in [4.78, 5) is 12.6. The highest BCUT2D eigenvalue weighted by Gasteiger charge is 2.28. The van der Waals surface area contributed by atoms with Crippen molar-refractivity contribution >= 4 is 27.5 Å². The molecule has 0 aromatic heterocycles. The molecule has 0 aliphatic rings. The third-order valence-corrected chi connectivity index (χ3v) is 6.12. The second kappa shape index (κ2) is 11.2. The topological polar surface area (TPSA) is 84.5 Å². The summed E-state index contributed by atoms with van der Waals surface area (Å²) in [5.74, 6) is -0.210. The maximum atomic E-state index is 13.0. The van der Waals surface area contributed by atoms with Gasteiger partial charge in [-0.15, -0.1) is 0 Å². The molecule has 2 aromatic rings. The number of carbonyl (C=O) groups excluding carboxylic acids is 1. The normalized spacial score (nSPS) is 12.4. The standard InChI is InChI=1S/C21H27ClN2O4S/c1-3-4-8-13-23-21(25)18(14-16-9-6-5-7-10-16)24-29(26,27)20-15-17(22)11-12-19(20)28-2/h5-7,9-12,15,18,24H,3-4,8,13-14H2,1-2H3,(H,23,25). The van der Waals surface area contributed by atoms with Crippen LogP contribution in [0.15, 0.2) is 53.4 Å². The second-order valence-electron chi connectivity index (χ2n) is 6.66. The number of methoxy groups -OCH3 is 1. The summed E-state index contributed by atoms with van der Waals surface area (Å²) in [6, 6.07) is 12.6. The monoisotopic (exact) mass is 438 g/mol. The number of rotatable bonds is 11. The SMILES string of the molecule is CCCCCNC(=O)C(Cc1ccccc1)NS(=O)(=O)c1cc(Cl)ccc1OC. The summed E-state index contributed by atoms with van der Waals surface area (Å²) in [5, 5.41) is 3.09. The molecule has 2 N–H and O–H groups in total. The summed E-state index contributed by atoms with van der Waals surface area (Å²) in [5.41, 5.74) is 0.849. The van der Waals surface area contributed by atoms with Gasteiger partial charge in [0.05, 0.1) is 7.11 Å². The van der Waals surface area contributed by atoms with Gasteiger partial charge in [-0.3, -0.25) is 4.79 Å². The number of hydrogen-bond donors (Lipinski definition) is 2. The van der Waals surface area contributed by atoms with Gasteiger partial charge in [-0.1, -0.05) is 61.7 Å². The van der Waals surface area contributed by atoms with Crippen LogP contribution in [0.25, 0.3) is 0 Å². The smallest absolute Gasteiger partial charge is 0.245 e. The Hall–Kier alpha value is -2.09. The van der Waals surface area contributed by atoms with E-state index in [1.165, 1.54) is 19.2 Å². The van der Waals surface area contributed by atoms with Crippen LogP contribution in [0.1, 0.15) is 31.7 Å². The lowest BCUT2D eigenvalue weighted by Gasteiger charge is -2.20. The molecule has 1 amide bonds. The lowest BCUT2D eigenvalue weighted by atomic mass is 10.1. The van der Waals surface area contributed by atoms with E-state index in [2.05, 4.69) is 17.0 Å². The number of carbonyl (C=O) groups is 1. The molecule has 1 unspecified atom stereocenters. The number of ether oxygens (including phenoxy) is 1. The van der Waals surface area contributed by atoms with Crippen LogP contribution in [-0.2, 0) is 21.2 Å². The van der Waals surface area contributed by atoms with Crippen molar-refractivity contribution in [3.05, 3.63) is 59.1 Å². The van der Waals surface area contributed by atoms with E-state index in [1.807, 2.05) is 30.3 Å². The van der Waals surface area contributed by atoms with Crippen LogP contribution in [0.2, 0.25) is 5.02 Å². The van der Waals surface area contributed by atoms with Crippen molar-refractivity contribution in [2.45, 2.75) is 43.5 Å². The van der Waals surface area contributed by atoms with Crippen molar-refractivity contribution in [1.82, 2.24) is 10.0 Å². The third-order valence-electron chi connectivity index (χ3n) is 4.39. The second-order valence-corrected chi connectivity index (χ2v) is 8.78. The fourth-order valence-electron chi connectivity index (χ4n) is 2.86. The number of halogens is 1. The molecule has 158 valence electrons. The first-order valence-corrected chi connectivity index (χ1v) is 11.4. The van der Waals surface area contributed by atoms with Crippen molar-refractivity contribution in [3.8, 4) is 5.75 Å². The minimum Gasteiger partial charge on any atom is -0.495 e. The Labute approximate surface area is 177 Å². The fraction of sp³-hybridized carbons (Fsp3) is 0.381. The molecule has 0 spiro atoms. The van der Waals surface area contributed by atoms with Crippen LogP contribution in [0.3, 0.4) is 0 Å². The Morgan fingerprint density at radius 3 is 2.52 bits per heavy atom. The zero-order valence-electron chi connectivity index (χ0n) is 16.7. The molecule has 0 fully saturated rings. The van der Waals surface area contributed by atoms with E-state index in [4.69, 9.17) is 16.3 Å². The number of sulfonamides is 1. The van der Waals surface area contributed by atoms with Gasteiger partial charge in [0.25, 0.3) is 0 Å². The van der Waals surface area contributed by atoms with Crippen LogP contribution >= 0.6 is 11.6 Å². The van der Waals surface area contributed by atoms with Gasteiger partial charge in [0.1, 0.15) is 16.7 Å². The van der Waals surface area contributed by atoms with Gasteiger partial charge in [-0.05, 0) is 36.6 Å². The molecule has 8 heteroatoms. The highest BCUT2D eigenvalue weighted by molar-refractivity contribution is 7.89. The van der Waals surface area contributed by atoms with E-state index in [1.54, 1.807) is 6.07 Å². The first-order valence-electron chi connectivity index (χ1n) is 9.55. The van der Waals surface area contributed by atoms with Crippen molar-refractivity contribution in [3.63, 3.8) is 0 Å². The van der Waals surface area contributed by atoms with Crippen LogP contribution in [-0.4, -0.2) is 34.0 Å². The van der Waals surface area contributed by atoms with Gasteiger partial charge in [0.2, 0.25) is 15.9 Å². The largest absolute Gasteiger partial charge is 0.495 e. The summed E-state index contributed by atoms with van der Waals surface area (Å²) >= 11 is 5.98. The maximum absolute atomic E-state index is 13.0. The van der Waals surface area contributed by atoms with Crippen LogP contribution < -0.4 is 14.8 Å². The lowest BCUT2D eigenvalue weighted by molar-refractivity contribution is -0.122. The first kappa shape index (κ1) is 23.2. The average Bonchev–Trinajstić information content (AvgIpc) is 2.71. The Morgan fingerprint density at radius 2 is 1.86 bits per heavy atom. The van der Waals surface area contributed by atoms with Gasteiger partial charge >= 0.3 is 0 Å². The highest BCUT2D eigenvalue weighted by Crippen LogP contribution is 2.27. The summed E-state index contributed by atoms with van der Waals surface area (Å²) < 4.78 is 33.7. The predicted octanol–water partition coefficient (Wildman–Crippen LogP) is 3.54.